The predicted molar refractivity (Wildman–Crippen MR) is 75.7 cm³/mol. The highest BCUT2D eigenvalue weighted by Gasteiger charge is 2.27. The second kappa shape index (κ2) is 9.00. The van der Waals surface area contributed by atoms with Gasteiger partial charge in [-0.2, -0.15) is 18.4 Å². The first kappa shape index (κ1) is 18.8. The van der Waals surface area contributed by atoms with E-state index in [0.29, 0.717) is 11.3 Å². The number of ether oxygens (including phenoxy) is 2. The average molecular weight is 330 g/mol. The third-order valence-electron chi connectivity index (χ3n) is 2.68. The third kappa shape index (κ3) is 8.07. The Balaban J connectivity index is 2.25. The van der Waals surface area contributed by atoms with Gasteiger partial charge in [0.25, 0.3) is 5.91 Å². The third-order valence-corrected chi connectivity index (χ3v) is 2.68. The number of nitrogens with one attached hydrogen (secondary N) is 1. The van der Waals surface area contributed by atoms with Gasteiger partial charge >= 0.3 is 6.18 Å². The zero-order valence-corrected chi connectivity index (χ0v) is 12.5. The summed E-state index contributed by atoms with van der Waals surface area (Å²) in [6.07, 6.45) is -4.87. The molecule has 1 N–H and O–H groups in total. The summed E-state index contributed by atoms with van der Waals surface area (Å²) in [5, 5.41) is 11.3. The van der Waals surface area contributed by atoms with Crippen LogP contribution in [0, 0.1) is 11.3 Å². The zero-order chi connectivity index (χ0) is 17.3. The molecule has 0 aliphatic carbocycles. The van der Waals surface area contributed by atoms with Gasteiger partial charge in [0.1, 0.15) is 12.4 Å². The minimum Gasteiger partial charge on any atom is -0.481 e. The van der Waals surface area contributed by atoms with E-state index in [9.17, 15) is 18.0 Å². The van der Waals surface area contributed by atoms with Crippen molar-refractivity contribution < 1.29 is 27.4 Å². The number of nitriles is 1. The molecule has 1 rings (SSSR count). The fraction of sp³-hybridized carbons (Fsp3) is 0.467. The van der Waals surface area contributed by atoms with E-state index < -0.39 is 24.8 Å². The van der Waals surface area contributed by atoms with E-state index in [1.165, 1.54) is 13.0 Å². The molecule has 1 amide bonds. The molecular formula is C15H17F3N2O3. The first-order valence-corrected chi connectivity index (χ1v) is 6.91. The Labute approximate surface area is 132 Å². The first-order valence-electron chi connectivity index (χ1n) is 6.91. The summed E-state index contributed by atoms with van der Waals surface area (Å²) in [5.41, 5.74) is 0.414. The molecule has 0 fully saturated rings. The number of amides is 1. The normalized spacial score (nSPS) is 12.3. The van der Waals surface area contributed by atoms with Crippen LogP contribution < -0.4 is 10.1 Å². The smallest absolute Gasteiger partial charge is 0.411 e. The predicted octanol–water partition coefficient (Wildman–Crippen LogP) is 2.41. The van der Waals surface area contributed by atoms with E-state index in [1.54, 1.807) is 18.2 Å². The van der Waals surface area contributed by atoms with Gasteiger partial charge in [-0.3, -0.25) is 4.79 Å². The topological polar surface area (TPSA) is 71.3 Å². The summed E-state index contributed by atoms with van der Waals surface area (Å²) in [7, 11) is 0. The quantitative estimate of drug-likeness (QED) is 0.743. The van der Waals surface area contributed by atoms with E-state index in [1.807, 2.05) is 6.07 Å². The molecule has 0 aromatic heterocycles. The van der Waals surface area contributed by atoms with Gasteiger partial charge in [0.2, 0.25) is 0 Å². The number of rotatable bonds is 8. The maximum atomic E-state index is 11.8. The van der Waals surface area contributed by atoms with Crippen molar-refractivity contribution >= 4 is 5.91 Å². The molecule has 1 aromatic rings. The van der Waals surface area contributed by atoms with Gasteiger partial charge in [-0.1, -0.05) is 6.07 Å². The van der Waals surface area contributed by atoms with Crippen molar-refractivity contribution in [2.75, 3.05) is 19.8 Å². The fourth-order valence-electron chi connectivity index (χ4n) is 1.61. The van der Waals surface area contributed by atoms with Crippen LogP contribution in [0.1, 0.15) is 18.9 Å². The first-order chi connectivity index (χ1) is 10.8. The molecule has 0 spiro atoms. The second-order valence-electron chi connectivity index (χ2n) is 4.71. The molecule has 1 atom stereocenters. The highest BCUT2D eigenvalue weighted by atomic mass is 19.4. The summed E-state index contributed by atoms with van der Waals surface area (Å²) >= 11 is 0. The van der Waals surface area contributed by atoms with E-state index in [-0.39, 0.29) is 19.6 Å². The Kier molecular flexibility index (Phi) is 7.35. The van der Waals surface area contributed by atoms with Gasteiger partial charge < -0.3 is 14.8 Å². The van der Waals surface area contributed by atoms with Crippen molar-refractivity contribution in [2.24, 2.45) is 0 Å². The highest BCUT2D eigenvalue weighted by molar-refractivity contribution is 5.80. The van der Waals surface area contributed by atoms with Crippen LogP contribution in [0.5, 0.6) is 5.75 Å². The fourth-order valence-corrected chi connectivity index (χ4v) is 1.61. The van der Waals surface area contributed by atoms with Crippen molar-refractivity contribution in [1.29, 1.82) is 5.26 Å². The number of carbonyl (C=O) groups excluding carboxylic acids is 1. The molecule has 0 aliphatic heterocycles. The van der Waals surface area contributed by atoms with E-state index >= 15 is 0 Å². The van der Waals surface area contributed by atoms with Gasteiger partial charge in [0, 0.05) is 13.2 Å². The Morgan fingerprint density at radius 3 is 2.83 bits per heavy atom. The summed E-state index contributed by atoms with van der Waals surface area (Å²) in [4.78, 5) is 11.8. The molecule has 0 radical (unpaired) electrons. The number of alkyl halides is 3. The molecule has 23 heavy (non-hydrogen) atoms. The Morgan fingerprint density at radius 2 is 2.17 bits per heavy atom. The largest absolute Gasteiger partial charge is 0.481 e. The standard InChI is InChI=1S/C15H17F3N2O3/c1-11(23-13-5-2-4-12(8-13)9-19)14(21)20-6-3-7-22-10-15(16,17)18/h2,4-5,8,11H,3,6-7,10H2,1H3,(H,20,21). The molecule has 0 saturated heterocycles. The van der Waals surface area contributed by atoms with Crippen LogP contribution in [0.25, 0.3) is 0 Å². The molecule has 0 bridgehead atoms. The Morgan fingerprint density at radius 1 is 1.43 bits per heavy atom. The van der Waals surface area contributed by atoms with Crippen LogP contribution in [0.15, 0.2) is 24.3 Å². The van der Waals surface area contributed by atoms with Crippen molar-refractivity contribution in [3.8, 4) is 11.8 Å². The van der Waals surface area contributed by atoms with Crippen LogP contribution >= 0.6 is 0 Å². The van der Waals surface area contributed by atoms with Crippen molar-refractivity contribution in [1.82, 2.24) is 5.32 Å². The molecule has 126 valence electrons. The van der Waals surface area contributed by atoms with Gasteiger partial charge in [0.15, 0.2) is 6.10 Å². The Bertz CT molecular complexity index is 556. The zero-order valence-electron chi connectivity index (χ0n) is 12.5. The Hall–Kier alpha value is -2.27. The summed E-state index contributed by atoms with van der Waals surface area (Å²) in [6.45, 7) is 0.325. The van der Waals surface area contributed by atoms with E-state index in [4.69, 9.17) is 10.00 Å². The molecule has 5 nitrogen and oxygen atoms in total. The minimum atomic E-state index is -4.34. The number of halogens is 3. The second-order valence-corrected chi connectivity index (χ2v) is 4.71. The SMILES string of the molecule is CC(Oc1cccc(C#N)c1)C(=O)NCCCOCC(F)(F)F. The lowest BCUT2D eigenvalue weighted by Gasteiger charge is -2.15. The molecule has 1 unspecified atom stereocenters. The van der Waals surface area contributed by atoms with Crippen LogP contribution in [-0.2, 0) is 9.53 Å². The molecule has 1 aromatic carbocycles. The van der Waals surface area contributed by atoms with Crippen LogP contribution in [-0.4, -0.2) is 37.9 Å². The average Bonchev–Trinajstić information content (AvgIpc) is 2.49. The minimum absolute atomic E-state index is 0.0980. The van der Waals surface area contributed by atoms with Crippen molar-refractivity contribution in [3.05, 3.63) is 29.8 Å². The maximum absolute atomic E-state index is 11.8. The highest BCUT2D eigenvalue weighted by Crippen LogP contribution is 2.15. The van der Waals surface area contributed by atoms with E-state index in [0.717, 1.165) is 0 Å². The lowest BCUT2D eigenvalue weighted by Crippen LogP contribution is -2.37. The summed E-state index contributed by atoms with van der Waals surface area (Å²) in [5.74, 6) is -0.0107. The van der Waals surface area contributed by atoms with Crippen molar-refractivity contribution in [3.63, 3.8) is 0 Å². The summed E-state index contributed by atoms with van der Waals surface area (Å²) in [6, 6.07) is 8.33. The number of benzene rings is 1. The summed E-state index contributed by atoms with van der Waals surface area (Å²) < 4.78 is 45.3. The van der Waals surface area contributed by atoms with Gasteiger partial charge in [-0.05, 0) is 31.5 Å². The van der Waals surface area contributed by atoms with Gasteiger partial charge in [-0.15, -0.1) is 0 Å². The van der Waals surface area contributed by atoms with E-state index in [2.05, 4.69) is 10.1 Å². The number of nitrogens with zero attached hydrogens (tertiary/aromatic N) is 1. The number of hydrogen-bond donors (Lipinski definition) is 1. The molecular weight excluding hydrogens is 313 g/mol. The molecule has 0 aliphatic rings. The van der Waals surface area contributed by atoms with Gasteiger partial charge in [0.05, 0.1) is 11.6 Å². The lowest BCUT2D eigenvalue weighted by atomic mass is 10.2. The van der Waals surface area contributed by atoms with Crippen molar-refractivity contribution in [2.45, 2.75) is 25.6 Å². The lowest BCUT2D eigenvalue weighted by molar-refractivity contribution is -0.174. The maximum Gasteiger partial charge on any atom is 0.411 e. The molecule has 0 saturated carbocycles. The number of carbonyl (C=O) groups is 1. The molecule has 8 heteroatoms. The molecule has 0 heterocycles. The van der Waals surface area contributed by atoms with Crippen LogP contribution in [0.4, 0.5) is 13.2 Å². The monoisotopic (exact) mass is 330 g/mol. The van der Waals surface area contributed by atoms with Gasteiger partial charge in [-0.25, -0.2) is 0 Å². The number of hydrogen-bond acceptors (Lipinski definition) is 4. The van der Waals surface area contributed by atoms with Crippen LogP contribution in [0.2, 0.25) is 0 Å². The van der Waals surface area contributed by atoms with Crippen LogP contribution in [0.3, 0.4) is 0 Å².